The number of halogens is 1. The van der Waals surface area contributed by atoms with Crippen molar-refractivity contribution in [3.05, 3.63) is 52.0 Å². The molecule has 2 rings (SSSR count). The fraction of sp³-hybridized carbons (Fsp3) is 0.429. The van der Waals surface area contributed by atoms with Crippen LogP contribution in [0.25, 0.3) is 0 Å². The summed E-state index contributed by atoms with van der Waals surface area (Å²) in [6, 6.07) is 11.5. The Bertz CT molecular complexity index is 719. The van der Waals surface area contributed by atoms with E-state index < -0.39 is 6.10 Å². The highest BCUT2D eigenvalue weighted by atomic mass is 79.9. The summed E-state index contributed by atoms with van der Waals surface area (Å²) >= 11 is 3.53. The number of ether oxygens (including phenoxy) is 3. The Hall–Kier alpha value is -1.76. The van der Waals surface area contributed by atoms with Gasteiger partial charge in [0.2, 0.25) is 0 Å². The highest BCUT2D eigenvalue weighted by Gasteiger charge is 2.12. The molecule has 0 spiro atoms. The monoisotopic (exact) mass is 437 g/mol. The lowest BCUT2D eigenvalue weighted by atomic mass is 10.1. The number of methoxy groups -OCH3 is 1. The summed E-state index contributed by atoms with van der Waals surface area (Å²) in [5, 5.41) is 13.7. The summed E-state index contributed by atoms with van der Waals surface area (Å²) in [7, 11) is 1.62. The predicted octanol–water partition coefficient (Wildman–Crippen LogP) is 4.47. The molecule has 0 bridgehead atoms. The SMILES string of the molecule is CCOc1c(Br)cc(CNCC(O)c2ccc(OC(C)C)cc2)cc1OC. The Morgan fingerprint density at radius 1 is 1.15 bits per heavy atom. The van der Waals surface area contributed by atoms with E-state index in [0.717, 1.165) is 21.3 Å². The lowest BCUT2D eigenvalue weighted by Gasteiger charge is -2.16. The molecule has 2 N–H and O–H groups in total. The molecular weight excluding hydrogens is 410 g/mol. The van der Waals surface area contributed by atoms with Crippen molar-refractivity contribution in [1.29, 1.82) is 0 Å². The van der Waals surface area contributed by atoms with Crippen LogP contribution in [0.2, 0.25) is 0 Å². The smallest absolute Gasteiger partial charge is 0.175 e. The third-order valence-corrected chi connectivity index (χ3v) is 4.47. The van der Waals surface area contributed by atoms with E-state index in [1.807, 2.05) is 57.2 Å². The summed E-state index contributed by atoms with van der Waals surface area (Å²) in [5.74, 6) is 2.19. The fourth-order valence-electron chi connectivity index (χ4n) is 2.67. The molecule has 0 aliphatic rings. The van der Waals surface area contributed by atoms with E-state index in [9.17, 15) is 5.11 Å². The van der Waals surface area contributed by atoms with Gasteiger partial charge in [0.05, 0.1) is 30.4 Å². The molecule has 27 heavy (non-hydrogen) atoms. The van der Waals surface area contributed by atoms with Crippen LogP contribution in [0, 0.1) is 0 Å². The van der Waals surface area contributed by atoms with E-state index in [1.165, 1.54) is 0 Å². The van der Waals surface area contributed by atoms with Crippen LogP contribution in [0.3, 0.4) is 0 Å². The summed E-state index contributed by atoms with van der Waals surface area (Å²) in [6.45, 7) is 7.52. The van der Waals surface area contributed by atoms with E-state index >= 15 is 0 Å². The quantitative estimate of drug-likeness (QED) is 0.574. The number of nitrogens with one attached hydrogen (secondary N) is 1. The Kier molecular flexibility index (Phi) is 8.41. The molecule has 0 saturated carbocycles. The van der Waals surface area contributed by atoms with Crippen LogP contribution < -0.4 is 19.5 Å². The molecule has 0 fully saturated rings. The molecular formula is C21H28BrNO4. The van der Waals surface area contributed by atoms with Crippen LogP contribution in [0.1, 0.15) is 38.0 Å². The fourth-order valence-corrected chi connectivity index (χ4v) is 3.28. The van der Waals surface area contributed by atoms with Crippen molar-refractivity contribution in [2.45, 2.75) is 39.5 Å². The van der Waals surface area contributed by atoms with Crippen molar-refractivity contribution in [3.8, 4) is 17.2 Å². The first-order valence-corrected chi connectivity index (χ1v) is 9.88. The summed E-state index contributed by atoms with van der Waals surface area (Å²) < 4.78 is 17.5. The van der Waals surface area contributed by atoms with Crippen molar-refractivity contribution in [2.75, 3.05) is 20.3 Å². The normalized spacial score (nSPS) is 12.1. The van der Waals surface area contributed by atoms with Crippen LogP contribution in [-0.4, -0.2) is 31.5 Å². The van der Waals surface area contributed by atoms with E-state index in [4.69, 9.17) is 14.2 Å². The van der Waals surface area contributed by atoms with Gasteiger partial charge in [0, 0.05) is 13.1 Å². The Morgan fingerprint density at radius 3 is 2.44 bits per heavy atom. The van der Waals surface area contributed by atoms with Crippen LogP contribution >= 0.6 is 15.9 Å². The largest absolute Gasteiger partial charge is 0.493 e. The zero-order valence-corrected chi connectivity index (χ0v) is 17.9. The molecule has 1 unspecified atom stereocenters. The lowest BCUT2D eigenvalue weighted by molar-refractivity contribution is 0.174. The third kappa shape index (κ3) is 6.41. The van der Waals surface area contributed by atoms with Gasteiger partial charge in [-0.15, -0.1) is 0 Å². The Balaban J connectivity index is 1.92. The lowest BCUT2D eigenvalue weighted by Crippen LogP contribution is -2.21. The van der Waals surface area contributed by atoms with Gasteiger partial charge in [0.15, 0.2) is 11.5 Å². The molecule has 5 nitrogen and oxygen atoms in total. The van der Waals surface area contributed by atoms with Gasteiger partial charge in [0.25, 0.3) is 0 Å². The van der Waals surface area contributed by atoms with Gasteiger partial charge < -0.3 is 24.6 Å². The van der Waals surface area contributed by atoms with Crippen LogP contribution in [0.15, 0.2) is 40.9 Å². The number of benzene rings is 2. The Morgan fingerprint density at radius 2 is 1.85 bits per heavy atom. The molecule has 0 aliphatic heterocycles. The number of hydrogen-bond acceptors (Lipinski definition) is 5. The molecule has 2 aromatic rings. The molecule has 0 radical (unpaired) electrons. The third-order valence-electron chi connectivity index (χ3n) is 3.88. The van der Waals surface area contributed by atoms with Crippen molar-refractivity contribution in [1.82, 2.24) is 5.32 Å². The molecule has 0 saturated heterocycles. The summed E-state index contributed by atoms with van der Waals surface area (Å²) in [4.78, 5) is 0. The standard InChI is InChI=1S/C21H28BrNO4/c1-5-26-21-18(22)10-15(11-20(21)25-4)12-23-13-19(24)16-6-8-17(9-7-16)27-14(2)3/h6-11,14,19,23-24H,5,12-13H2,1-4H3. The predicted molar refractivity (Wildman–Crippen MR) is 111 cm³/mol. The zero-order valence-electron chi connectivity index (χ0n) is 16.3. The zero-order chi connectivity index (χ0) is 19.8. The maximum atomic E-state index is 10.4. The van der Waals surface area contributed by atoms with Crippen molar-refractivity contribution in [3.63, 3.8) is 0 Å². The highest BCUT2D eigenvalue weighted by Crippen LogP contribution is 2.36. The van der Waals surface area contributed by atoms with Crippen LogP contribution in [-0.2, 0) is 6.54 Å². The van der Waals surface area contributed by atoms with E-state index in [-0.39, 0.29) is 6.10 Å². The number of rotatable bonds is 10. The number of aliphatic hydroxyl groups excluding tert-OH is 1. The molecule has 148 valence electrons. The topological polar surface area (TPSA) is 60.0 Å². The maximum Gasteiger partial charge on any atom is 0.175 e. The molecule has 0 heterocycles. The van der Waals surface area contributed by atoms with Crippen LogP contribution in [0.5, 0.6) is 17.2 Å². The average molecular weight is 438 g/mol. The van der Waals surface area contributed by atoms with Crippen molar-refractivity contribution in [2.24, 2.45) is 0 Å². The molecule has 1 atom stereocenters. The number of hydrogen-bond donors (Lipinski definition) is 2. The van der Waals surface area contributed by atoms with E-state index in [2.05, 4.69) is 21.2 Å². The second-order valence-corrected chi connectivity index (χ2v) is 7.28. The van der Waals surface area contributed by atoms with Gasteiger partial charge in [-0.3, -0.25) is 0 Å². The number of aliphatic hydroxyl groups is 1. The van der Waals surface area contributed by atoms with Crippen LogP contribution in [0.4, 0.5) is 0 Å². The maximum absolute atomic E-state index is 10.4. The van der Waals surface area contributed by atoms with Gasteiger partial charge in [-0.25, -0.2) is 0 Å². The second kappa shape index (κ2) is 10.5. The van der Waals surface area contributed by atoms with Gasteiger partial charge in [-0.2, -0.15) is 0 Å². The molecule has 0 aromatic heterocycles. The molecule has 2 aromatic carbocycles. The van der Waals surface area contributed by atoms with Gasteiger partial charge in [-0.1, -0.05) is 12.1 Å². The highest BCUT2D eigenvalue weighted by molar-refractivity contribution is 9.10. The minimum absolute atomic E-state index is 0.132. The van der Waals surface area contributed by atoms with E-state index in [1.54, 1.807) is 7.11 Å². The minimum atomic E-state index is -0.592. The molecule has 0 aliphatic carbocycles. The Labute approximate surface area is 169 Å². The van der Waals surface area contributed by atoms with Crippen molar-refractivity contribution < 1.29 is 19.3 Å². The summed E-state index contributed by atoms with van der Waals surface area (Å²) in [5.41, 5.74) is 1.89. The first kappa shape index (κ1) is 21.5. The molecule has 6 heteroatoms. The first-order valence-electron chi connectivity index (χ1n) is 9.09. The second-order valence-electron chi connectivity index (χ2n) is 6.42. The van der Waals surface area contributed by atoms with E-state index in [0.29, 0.717) is 31.2 Å². The van der Waals surface area contributed by atoms with Gasteiger partial charge in [0.1, 0.15) is 5.75 Å². The average Bonchev–Trinajstić information content (AvgIpc) is 2.63. The first-order chi connectivity index (χ1) is 12.9. The summed E-state index contributed by atoms with van der Waals surface area (Å²) in [6.07, 6.45) is -0.459. The minimum Gasteiger partial charge on any atom is -0.493 e. The van der Waals surface area contributed by atoms with Gasteiger partial charge >= 0.3 is 0 Å². The van der Waals surface area contributed by atoms with Crippen molar-refractivity contribution >= 4 is 15.9 Å². The molecule has 0 amide bonds. The van der Waals surface area contributed by atoms with Gasteiger partial charge in [-0.05, 0) is 72.1 Å².